The van der Waals surface area contributed by atoms with Crippen LogP contribution in [0, 0.1) is 0 Å². The Hall–Kier alpha value is -1.75. The molecule has 2 aliphatic heterocycles. The number of fused-ring (bicyclic) bond motifs is 1. The zero-order valence-electron chi connectivity index (χ0n) is 15.0. The smallest absolute Gasteiger partial charge is 0.317 e. The monoisotopic (exact) mass is 331 g/mol. The summed E-state index contributed by atoms with van der Waals surface area (Å²) in [6, 6.07) is 8.30. The molecule has 0 spiro atoms. The third-order valence-corrected chi connectivity index (χ3v) is 5.43. The van der Waals surface area contributed by atoms with E-state index in [-0.39, 0.29) is 12.1 Å². The molecule has 1 aromatic carbocycles. The fourth-order valence-electron chi connectivity index (χ4n) is 4.07. The molecule has 1 aromatic rings. The summed E-state index contributed by atoms with van der Waals surface area (Å²) in [5.74, 6) is 0.351. The number of para-hydroxylation sites is 1. The molecule has 3 rings (SSSR count). The lowest BCUT2D eigenvalue weighted by molar-refractivity contribution is 0.00980. The molecule has 0 radical (unpaired) electrons. The van der Waals surface area contributed by atoms with Gasteiger partial charge >= 0.3 is 6.03 Å². The van der Waals surface area contributed by atoms with Crippen LogP contribution in [0.1, 0.15) is 44.6 Å². The summed E-state index contributed by atoms with van der Waals surface area (Å²) < 4.78 is 0. The third-order valence-electron chi connectivity index (χ3n) is 5.43. The Morgan fingerprint density at radius 1 is 1.29 bits per heavy atom. The normalized spacial score (nSPS) is 24.0. The van der Waals surface area contributed by atoms with Crippen LogP contribution in [-0.4, -0.2) is 54.4 Å². The van der Waals surface area contributed by atoms with Crippen molar-refractivity contribution < 1.29 is 9.90 Å². The third kappa shape index (κ3) is 3.36. The minimum atomic E-state index is -0.853. The summed E-state index contributed by atoms with van der Waals surface area (Å²) in [5.41, 5.74) is 1.72. The van der Waals surface area contributed by atoms with Crippen molar-refractivity contribution in [1.82, 2.24) is 10.2 Å². The molecule has 2 aliphatic rings. The number of urea groups is 1. The quantitative estimate of drug-likeness (QED) is 0.895. The number of carbonyl (C=O) groups excluding carboxylic acids is 1. The molecule has 2 N–H and O–H groups in total. The molecule has 2 atom stereocenters. The maximum Gasteiger partial charge on any atom is 0.317 e. The zero-order valence-corrected chi connectivity index (χ0v) is 15.0. The van der Waals surface area contributed by atoms with Gasteiger partial charge in [0.1, 0.15) is 0 Å². The van der Waals surface area contributed by atoms with Crippen LogP contribution >= 0.6 is 0 Å². The molecule has 2 amide bonds. The zero-order chi connectivity index (χ0) is 17.3. The number of amides is 2. The van der Waals surface area contributed by atoms with Crippen molar-refractivity contribution in [1.29, 1.82) is 0 Å². The van der Waals surface area contributed by atoms with Crippen LogP contribution in [0.2, 0.25) is 0 Å². The Morgan fingerprint density at radius 2 is 2.04 bits per heavy atom. The van der Waals surface area contributed by atoms with Gasteiger partial charge in [0, 0.05) is 38.3 Å². The first kappa shape index (κ1) is 17.1. The van der Waals surface area contributed by atoms with Crippen molar-refractivity contribution in [3.63, 3.8) is 0 Å². The van der Waals surface area contributed by atoms with E-state index < -0.39 is 5.60 Å². The van der Waals surface area contributed by atoms with Gasteiger partial charge in [-0.15, -0.1) is 0 Å². The van der Waals surface area contributed by atoms with E-state index in [0.717, 1.165) is 32.4 Å². The predicted molar refractivity (Wildman–Crippen MR) is 96.5 cm³/mol. The van der Waals surface area contributed by atoms with Crippen molar-refractivity contribution in [2.24, 2.45) is 0 Å². The number of nitrogens with one attached hydrogen (secondary N) is 1. The lowest BCUT2D eigenvalue weighted by atomic mass is 9.90. The van der Waals surface area contributed by atoms with E-state index in [1.807, 2.05) is 0 Å². The first-order chi connectivity index (χ1) is 11.4. The number of likely N-dealkylation sites (tertiary alicyclic amines) is 1. The summed E-state index contributed by atoms with van der Waals surface area (Å²) in [7, 11) is 2.12. The van der Waals surface area contributed by atoms with Crippen LogP contribution in [0.3, 0.4) is 0 Å². The molecule has 0 aliphatic carbocycles. The number of carbonyl (C=O) groups is 1. The SMILES string of the molecule is CN1CC[C@H](CNC(=O)N2CCC[C@@H]2C(C)(C)O)c2ccccc21. The first-order valence-corrected chi connectivity index (χ1v) is 8.95. The number of benzene rings is 1. The lowest BCUT2D eigenvalue weighted by Gasteiger charge is -2.35. The Bertz CT molecular complexity index is 597. The molecule has 0 aromatic heterocycles. The maximum atomic E-state index is 12.6. The van der Waals surface area contributed by atoms with Crippen molar-refractivity contribution in [2.45, 2.75) is 50.7 Å². The number of rotatable bonds is 3. The Balaban J connectivity index is 1.64. The molecule has 24 heavy (non-hydrogen) atoms. The van der Waals surface area contributed by atoms with Gasteiger partial charge in [0.05, 0.1) is 11.6 Å². The minimum Gasteiger partial charge on any atom is -0.388 e. The van der Waals surface area contributed by atoms with E-state index in [1.165, 1.54) is 11.3 Å². The second-order valence-electron chi connectivity index (χ2n) is 7.66. The van der Waals surface area contributed by atoms with Crippen LogP contribution in [0.5, 0.6) is 0 Å². The average molecular weight is 331 g/mol. The van der Waals surface area contributed by atoms with E-state index in [4.69, 9.17) is 0 Å². The molecule has 132 valence electrons. The fraction of sp³-hybridized carbons (Fsp3) is 0.632. The maximum absolute atomic E-state index is 12.6. The Morgan fingerprint density at radius 3 is 2.79 bits per heavy atom. The van der Waals surface area contributed by atoms with E-state index in [2.05, 4.69) is 41.5 Å². The van der Waals surface area contributed by atoms with Crippen molar-refractivity contribution >= 4 is 11.7 Å². The molecular weight excluding hydrogens is 302 g/mol. The van der Waals surface area contributed by atoms with Gasteiger partial charge in [0.15, 0.2) is 0 Å². The van der Waals surface area contributed by atoms with Crippen LogP contribution in [0.25, 0.3) is 0 Å². The number of aliphatic hydroxyl groups is 1. The van der Waals surface area contributed by atoms with Crippen molar-refractivity contribution in [2.75, 3.05) is 31.6 Å². The second-order valence-corrected chi connectivity index (χ2v) is 7.66. The molecule has 5 heteroatoms. The molecule has 1 fully saturated rings. The summed E-state index contributed by atoms with van der Waals surface area (Å²) in [5, 5.41) is 13.4. The van der Waals surface area contributed by atoms with E-state index in [0.29, 0.717) is 12.5 Å². The summed E-state index contributed by atoms with van der Waals surface area (Å²) >= 11 is 0. The van der Waals surface area contributed by atoms with Gasteiger partial charge in [-0.3, -0.25) is 0 Å². The van der Waals surface area contributed by atoms with Crippen molar-refractivity contribution in [3.8, 4) is 0 Å². The van der Waals surface area contributed by atoms with E-state index >= 15 is 0 Å². The number of hydrogen-bond acceptors (Lipinski definition) is 3. The Kier molecular flexibility index (Phi) is 4.72. The highest BCUT2D eigenvalue weighted by molar-refractivity contribution is 5.75. The minimum absolute atomic E-state index is 0.0453. The Labute approximate surface area is 144 Å². The highest BCUT2D eigenvalue weighted by Crippen LogP contribution is 2.34. The number of hydrogen-bond donors (Lipinski definition) is 2. The van der Waals surface area contributed by atoms with E-state index in [1.54, 1.807) is 18.7 Å². The predicted octanol–water partition coefficient (Wildman–Crippen LogP) is 2.56. The highest BCUT2D eigenvalue weighted by atomic mass is 16.3. The lowest BCUT2D eigenvalue weighted by Crippen LogP contribution is -2.52. The molecule has 5 nitrogen and oxygen atoms in total. The topological polar surface area (TPSA) is 55.8 Å². The van der Waals surface area contributed by atoms with Gasteiger partial charge in [-0.05, 0) is 44.7 Å². The molecule has 2 heterocycles. The largest absolute Gasteiger partial charge is 0.388 e. The van der Waals surface area contributed by atoms with E-state index in [9.17, 15) is 9.90 Å². The fourth-order valence-corrected chi connectivity index (χ4v) is 4.07. The molecular formula is C19H29N3O2. The van der Waals surface area contributed by atoms with Crippen LogP contribution in [0.15, 0.2) is 24.3 Å². The van der Waals surface area contributed by atoms with Crippen LogP contribution in [0.4, 0.5) is 10.5 Å². The number of anilines is 1. The van der Waals surface area contributed by atoms with Gasteiger partial charge in [0.2, 0.25) is 0 Å². The number of nitrogens with zero attached hydrogens (tertiary/aromatic N) is 2. The van der Waals surface area contributed by atoms with Gasteiger partial charge in [-0.25, -0.2) is 4.79 Å². The van der Waals surface area contributed by atoms with Crippen molar-refractivity contribution in [3.05, 3.63) is 29.8 Å². The first-order valence-electron chi connectivity index (χ1n) is 8.95. The van der Waals surface area contributed by atoms with Crippen LogP contribution < -0.4 is 10.2 Å². The highest BCUT2D eigenvalue weighted by Gasteiger charge is 2.38. The van der Waals surface area contributed by atoms with Gasteiger partial charge in [0.25, 0.3) is 0 Å². The molecule has 0 saturated carbocycles. The standard InChI is InChI=1S/C19H29N3O2/c1-19(2,24)17-9-6-11-22(17)18(23)20-13-14-10-12-21(3)16-8-5-4-7-15(14)16/h4-5,7-8,14,17,24H,6,9-13H2,1-3H3,(H,20,23)/t14-,17-/m1/s1. The summed E-state index contributed by atoms with van der Waals surface area (Å²) in [6.07, 6.45) is 2.87. The summed E-state index contributed by atoms with van der Waals surface area (Å²) in [6.45, 7) is 5.96. The van der Waals surface area contributed by atoms with Crippen LogP contribution in [-0.2, 0) is 0 Å². The van der Waals surface area contributed by atoms with Gasteiger partial charge in [-0.1, -0.05) is 18.2 Å². The average Bonchev–Trinajstić information content (AvgIpc) is 3.04. The van der Waals surface area contributed by atoms with Gasteiger partial charge in [-0.2, -0.15) is 0 Å². The molecule has 0 bridgehead atoms. The molecule has 1 saturated heterocycles. The summed E-state index contributed by atoms with van der Waals surface area (Å²) in [4.78, 5) is 16.7. The second kappa shape index (κ2) is 6.63. The van der Waals surface area contributed by atoms with Gasteiger partial charge < -0.3 is 20.2 Å². The molecule has 0 unspecified atom stereocenters.